The maximum Gasteiger partial charge on any atom is 0.274 e. The number of hydrogen-bond donors (Lipinski definition) is 2. The number of nitro groups is 1. The lowest BCUT2D eigenvalue weighted by molar-refractivity contribution is -0.385. The summed E-state index contributed by atoms with van der Waals surface area (Å²) < 4.78 is 5.18. The summed E-state index contributed by atoms with van der Waals surface area (Å²) >= 11 is 5.93. The fourth-order valence-corrected chi connectivity index (χ4v) is 2.32. The predicted molar refractivity (Wildman–Crippen MR) is 93.0 cm³/mol. The first-order valence-electron chi connectivity index (χ1n) is 7.03. The maximum atomic E-state index is 12.1. The Balaban J connectivity index is 2.06. The van der Waals surface area contributed by atoms with Gasteiger partial charge in [0.1, 0.15) is 5.75 Å². The average molecular weight is 350 g/mol. The van der Waals surface area contributed by atoms with Crippen molar-refractivity contribution >= 4 is 34.6 Å². The monoisotopic (exact) mass is 349 g/mol. The van der Waals surface area contributed by atoms with Gasteiger partial charge < -0.3 is 15.4 Å². The zero-order valence-corrected chi connectivity index (χ0v) is 13.9. The molecule has 2 aromatic rings. The molecule has 0 fully saturated rings. The van der Waals surface area contributed by atoms with Crippen LogP contribution in [0.4, 0.5) is 17.1 Å². The number of hydrogen-bond acceptors (Lipinski definition) is 5. The van der Waals surface area contributed by atoms with Crippen molar-refractivity contribution in [2.75, 3.05) is 24.3 Å². The summed E-state index contributed by atoms with van der Waals surface area (Å²) in [5.41, 5.74) is 1.33. The van der Waals surface area contributed by atoms with Crippen molar-refractivity contribution in [1.29, 1.82) is 0 Å². The Bertz CT molecular complexity index is 780. The Morgan fingerprint density at radius 3 is 2.71 bits per heavy atom. The number of halogens is 1. The second-order valence-corrected chi connectivity index (χ2v) is 5.39. The van der Waals surface area contributed by atoms with Gasteiger partial charge in [-0.25, -0.2) is 0 Å². The zero-order valence-electron chi connectivity index (χ0n) is 13.1. The van der Waals surface area contributed by atoms with Crippen LogP contribution in [0.1, 0.15) is 5.56 Å². The van der Waals surface area contributed by atoms with Gasteiger partial charge in [-0.2, -0.15) is 0 Å². The molecule has 0 radical (unpaired) electrons. The number of carbonyl (C=O) groups is 1. The molecule has 0 aromatic heterocycles. The zero-order chi connectivity index (χ0) is 17.7. The van der Waals surface area contributed by atoms with Crippen molar-refractivity contribution < 1.29 is 14.5 Å². The molecule has 126 valence electrons. The predicted octanol–water partition coefficient (Wildman–Crippen LogP) is 3.62. The minimum Gasteiger partial charge on any atom is -0.495 e. The molecule has 2 aromatic carbocycles. The summed E-state index contributed by atoms with van der Waals surface area (Å²) in [6.07, 6.45) is 0. The van der Waals surface area contributed by atoms with E-state index in [1.807, 2.05) is 0 Å². The van der Waals surface area contributed by atoms with Gasteiger partial charge in [0, 0.05) is 11.1 Å². The number of nitrogens with zero attached hydrogens (tertiary/aromatic N) is 1. The molecule has 0 aliphatic rings. The van der Waals surface area contributed by atoms with Gasteiger partial charge in [-0.15, -0.1) is 0 Å². The lowest BCUT2D eigenvalue weighted by Gasteiger charge is -2.12. The van der Waals surface area contributed by atoms with Crippen LogP contribution >= 0.6 is 11.6 Å². The van der Waals surface area contributed by atoms with Gasteiger partial charge in [0.05, 0.1) is 35.5 Å². The standard InChI is InChI=1S/C16H16ClN3O4/c1-10-12(4-3-5-14(10)20(22)23)19-16(21)9-18-13-8-11(17)6-7-15(13)24-2/h3-8,18H,9H2,1-2H3,(H,19,21). The van der Waals surface area contributed by atoms with Crippen LogP contribution in [-0.4, -0.2) is 24.5 Å². The van der Waals surface area contributed by atoms with Gasteiger partial charge in [-0.05, 0) is 31.2 Å². The molecule has 2 rings (SSSR count). The van der Waals surface area contributed by atoms with Crippen molar-refractivity contribution in [3.8, 4) is 5.75 Å². The lowest BCUT2D eigenvalue weighted by atomic mass is 10.1. The molecule has 0 bridgehead atoms. The van der Waals surface area contributed by atoms with Gasteiger partial charge in [-0.1, -0.05) is 17.7 Å². The lowest BCUT2D eigenvalue weighted by Crippen LogP contribution is -2.22. The molecule has 0 aliphatic carbocycles. The van der Waals surface area contributed by atoms with Crippen LogP contribution < -0.4 is 15.4 Å². The topological polar surface area (TPSA) is 93.5 Å². The summed E-state index contributed by atoms with van der Waals surface area (Å²) in [6, 6.07) is 9.53. The Morgan fingerprint density at radius 1 is 1.29 bits per heavy atom. The van der Waals surface area contributed by atoms with E-state index in [0.29, 0.717) is 27.7 Å². The highest BCUT2D eigenvalue weighted by Gasteiger charge is 2.15. The molecule has 2 N–H and O–H groups in total. The first-order chi connectivity index (χ1) is 11.4. The molecule has 0 aliphatic heterocycles. The quantitative estimate of drug-likeness (QED) is 0.613. The Labute approximate surface area is 143 Å². The van der Waals surface area contributed by atoms with Crippen molar-refractivity contribution in [1.82, 2.24) is 0 Å². The molecule has 0 spiro atoms. The summed E-state index contributed by atoms with van der Waals surface area (Å²) in [5.74, 6) is 0.208. The summed E-state index contributed by atoms with van der Waals surface area (Å²) in [6.45, 7) is 1.54. The van der Waals surface area contributed by atoms with E-state index in [9.17, 15) is 14.9 Å². The van der Waals surface area contributed by atoms with Crippen LogP contribution in [0, 0.1) is 17.0 Å². The maximum absolute atomic E-state index is 12.1. The van der Waals surface area contributed by atoms with Crippen molar-refractivity contribution in [2.45, 2.75) is 6.92 Å². The molecular weight excluding hydrogens is 334 g/mol. The van der Waals surface area contributed by atoms with Gasteiger partial charge >= 0.3 is 0 Å². The third-order valence-electron chi connectivity index (χ3n) is 3.38. The highest BCUT2D eigenvalue weighted by Crippen LogP contribution is 2.28. The van der Waals surface area contributed by atoms with E-state index in [4.69, 9.17) is 16.3 Å². The fourth-order valence-electron chi connectivity index (χ4n) is 2.14. The molecule has 24 heavy (non-hydrogen) atoms. The number of carbonyl (C=O) groups excluding carboxylic acids is 1. The molecular formula is C16H16ClN3O4. The van der Waals surface area contributed by atoms with Gasteiger partial charge in [0.25, 0.3) is 5.69 Å². The number of ether oxygens (including phenoxy) is 1. The van der Waals surface area contributed by atoms with Crippen molar-refractivity contribution in [3.63, 3.8) is 0 Å². The van der Waals surface area contributed by atoms with Crippen LogP contribution in [0.3, 0.4) is 0 Å². The second kappa shape index (κ2) is 7.65. The van der Waals surface area contributed by atoms with Gasteiger partial charge in [0.15, 0.2) is 0 Å². The third kappa shape index (κ3) is 4.14. The number of nitrogens with one attached hydrogen (secondary N) is 2. The number of amides is 1. The molecule has 0 saturated heterocycles. The highest BCUT2D eigenvalue weighted by atomic mass is 35.5. The SMILES string of the molecule is COc1ccc(Cl)cc1NCC(=O)Nc1cccc([N+](=O)[O-])c1C. The fraction of sp³-hybridized carbons (Fsp3) is 0.188. The van der Waals surface area contributed by atoms with Crippen LogP contribution in [0.2, 0.25) is 5.02 Å². The number of benzene rings is 2. The molecule has 8 heteroatoms. The molecule has 0 heterocycles. The number of methoxy groups -OCH3 is 1. The largest absolute Gasteiger partial charge is 0.495 e. The van der Waals surface area contributed by atoms with E-state index in [0.717, 1.165) is 0 Å². The Hall–Kier alpha value is -2.80. The van der Waals surface area contributed by atoms with Crippen LogP contribution in [0.25, 0.3) is 0 Å². The Kier molecular flexibility index (Phi) is 5.59. The average Bonchev–Trinajstić information content (AvgIpc) is 2.54. The van der Waals surface area contributed by atoms with Crippen molar-refractivity contribution in [3.05, 3.63) is 57.1 Å². The first kappa shape index (κ1) is 17.6. The van der Waals surface area contributed by atoms with Gasteiger partial charge in [-0.3, -0.25) is 14.9 Å². The second-order valence-electron chi connectivity index (χ2n) is 4.95. The van der Waals surface area contributed by atoms with Crippen molar-refractivity contribution in [2.24, 2.45) is 0 Å². The third-order valence-corrected chi connectivity index (χ3v) is 3.61. The number of anilines is 2. The molecule has 0 unspecified atom stereocenters. The Morgan fingerprint density at radius 2 is 2.04 bits per heavy atom. The number of nitro benzene ring substituents is 1. The summed E-state index contributed by atoms with van der Waals surface area (Å²) in [4.78, 5) is 22.5. The summed E-state index contributed by atoms with van der Waals surface area (Å²) in [5, 5.41) is 17.0. The molecule has 1 amide bonds. The van der Waals surface area contributed by atoms with Gasteiger partial charge in [0.2, 0.25) is 5.91 Å². The first-order valence-corrected chi connectivity index (χ1v) is 7.41. The van der Waals surface area contributed by atoms with E-state index in [2.05, 4.69) is 10.6 Å². The van der Waals surface area contributed by atoms with Crippen LogP contribution in [-0.2, 0) is 4.79 Å². The minimum atomic E-state index is -0.486. The summed E-state index contributed by atoms with van der Waals surface area (Å²) in [7, 11) is 1.51. The van der Waals surface area contributed by atoms with E-state index in [-0.39, 0.29) is 18.1 Å². The number of rotatable bonds is 6. The molecule has 0 atom stereocenters. The molecule has 0 saturated carbocycles. The van der Waals surface area contributed by atoms with Crippen LogP contribution in [0.5, 0.6) is 5.75 Å². The smallest absolute Gasteiger partial charge is 0.274 e. The highest BCUT2D eigenvalue weighted by molar-refractivity contribution is 6.30. The van der Waals surface area contributed by atoms with E-state index < -0.39 is 4.92 Å². The van der Waals surface area contributed by atoms with E-state index in [1.54, 1.807) is 31.2 Å². The van der Waals surface area contributed by atoms with E-state index in [1.165, 1.54) is 19.2 Å². The van der Waals surface area contributed by atoms with Crippen LogP contribution in [0.15, 0.2) is 36.4 Å². The molecule has 7 nitrogen and oxygen atoms in total. The minimum absolute atomic E-state index is 0.0428. The normalized spacial score (nSPS) is 10.1. The van der Waals surface area contributed by atoms with E-state index >= 15 is 0 Å².